The Morgan fingerprint density at radius 2 is 2.17 bits per heavy atom. The maximum atomic E-state index is 11.2. The van der Waals surface area contributed by atoms with Crippen LogP contribution in [0.4, 0.5) is 5.69 Å². The molecule has 5 nitrogen and oxygen atoms in total. The molecular formula is C17H15ClN2O3. The second kappa shape index (κ2) is 7.12. The van der Waals surface area contributed by atoms with E-state index in [9.17, 15) is 4.79 Å². The summed E-state index contributed by atoms with van der Waals surface area (Å²) >= 11 is 6.12. The lowest BCUT2D eigenvalue weighted by molar-refractivity contribution is 0.0697. The van der Waals surface area contributed by atoms with Crippen LogP contribution in [0.25, 0.3) is 16.1 Å². The number of aromatic carboxylic acids is 1. The molecule has 0 aliphatic carbocycles. The van der Waals surface area contributed by atoms with Crippen molar-refractivity contribution in [3.63, 3.8) is 0 Å². The number of carboxylic acids is 1. The molecule has 2 rings (SSSR count). The van der Waals surface area contributed by atoms with E-state index in [-0.39, 0.29) is 10.6 Å². The molecule has 1 aromatic heterocycles. The highest BCUT2D eigenvalue weighted by Crippen LogP contribution is 2.35. The van der Waals surface area contributed by atoms with Crippen LogP contribution in [0.1, 0.15) is 24.2 Å². The minimum atomic E-state index is -1.12. The van der Waals surface area contributed by atoms with Gasteiger partial charge < -0.3 is 9.84 Å². The number of carboxylic acid groups (broad SMARTS) is 1. The number of pyridine rings is 1. The van der Waals surface area contributed by atoms with Crippen molar-refractivity contribution in [3.05, 3.63) is 52.5 Å². The van der Waals surface area contributed by atoms with Gasteiger partial charge in [0.15, 0.2) is 0 Å². The first-order chi connectivity index (χ1) is 10.9. The van der Waals surface area contributed by atoms with Gasteiger partial charge in [-0.2, -0.15) is 0 Å². The van der Waals surface area contributed by atoms with Crippen molar-refractivity contribution in [2.75, 3.05) is 6.61 Å². The quantitative estimate of drug-likeness (QED) is 0.808. The fraction of sp³-hybridized carbons (Fsp3) is 0.235. The number of nitrogens with zero attached hydrogens (tertiary/aromatic N) is 2. The normalized spacial score (nSPS) is 10.4. The Labute approximate surface area is 139 Å². The van der Waals surface area contributed by atoms with Gasteiger partial charge in [-0.05, 0) is 29.7 Å². The summed E-state index contributed by atoms with van der Waals surface area (Å²) in [7, 11) is 0. The molecule has 0 radical (unpaired) electrons. The number of hydrogen-bond donors (Lipinski definition) is 1. The van der Waals surface area contributed by atoms with E-state index in [1.807, 2.05) is 13.8 Å². The number of benzene rings is 1. The highest BCUT2D eigenvalue weighted by Gasteiger charge is 2.16. The molecule has 23 heavy (non-hydrogen) atoms. The number of halogens is 1. The van der Waals surface area contributed by atoms with Crippen LogP contribution in [0.3, 0.4) is 0 Å². The predicted molar refractivity (Wildman–Crippen MR) is 88.2 cm³/mol. The third-order valence-electron chi connectivity index (χ3n) is 3.04. The molecule has 0 saturated heterocycles. The Bertz CT molecular complexity index is 782. The molecule has 2 aromatic rings. The van der Waals surface area contributed by atoms with E-state index in [2.05, 4.69) is 9.83 Å². The Kier molecular flexibility index (Phi) is 5.20. The molecule has 1 N–H and O–H groups in total. The summed E-state index contributed by atoms with van der Waals surface area (Å²) in [6, 6.07) is 6.33. The van der Waals surface area contributed by atoms with Crippen molar-refractivity contribution in [3.8, 4) is 17.0 Å². The van der Waals surface area contributed by atoms with Gasteiger partial charge in [0, 0.05) is 6.20 Å². The lowest BCUT2D eigenvalue weighted by Crippen LogP contribution is -2.04. The summed E-state index contributed by atoms with van der Waals surface area (Å²) in [5, 5.41) is 9.17. The van der Waals surface area contributed by atoms with E-state index < -0.39 is 5.97 Å². The van der Waals surface area contributed by atoms with Gasteiger partial charge in [0.25, 0.3) is 0 Å². The van der Waals surface area contributed by atoms with Gasteiger partial charge in [-0.25, -0.2) is 9.64 Å². The number of ether oxygens (including phenoxy) is 1. The van der Waals surface area contributed by atoms with Crippen LogP contribution in [-0.2, 0) is 0 Å². The molecule has 0 amide bonds. The minimum absolute atomic E-state index is 0.0267. The first-order valence-corrected chi connectivity index (χ1v) is 7.34. The average Bonchev–Trinajstić information content (AvgIpc) is 2.52. The van der Waals surface area contributed by atoms with Crippen molar-refractivity contribution < 1.29 is 14.6 Å². The molecule has 0 saturated carbocycles. The van der Waals surface area contributed by atoms with Crippen LogP contribution in [0, 0.1) is 12.5 Å². The molecule has 6 heteroatoms. The topological polar surface area (TPSA) is 63.8 Å². The van der Waals surface area contributed by atoms with Crippen molar-refractivity contribution in [2.24, 2.45) is 5.92 Å². The summed E-state index contributed by atoms with van der Waals surface area (Å²) in [5.41, 5.74) is 1.20. The molecule has 0 fully saturated rings. The van der Waals surface area contributed by atoms with Crippen LogP contribution in [0.5, 0.6) is 5.75 Å². The van der Waals surface area contributed by atoms with Gasteiger partial charge in [-0.15, -0.1) is 0 Å². The fourth-order valence-corrected chi connectivity index (χ4v) is 2.24. The number of carbonyl (C=O) groups is 1. The summed E-state index contributed by atoms with van der Waals surface area (Å²) in [6.07, 6.45) is 1.38. The fourth-order valence-electron chi connectivity index (χ4n) is 1.94. The molecule has 0 atom stereocenters. The monoisotopic (exact) mass is 330 g/mol. The maximum Gasteiger partial charge on any atom is 0.337 e. The standard InChI is InChI=1S/C17H15ClN2O3/c1-10(2)9-23-14-5-4-11(8-13(14)19-3)16-15(18)12(17(21)22)6-7-20-16/h4-8,10H,9H2,1-2H3,(H,21,22). The van der Waals surface area contributed by atoms with Gasteiger partial charge in [0.2, 0.25) is 5.69 Å². The SMILES string of the molecule is [C-]#[N+]c1cc(-c2nccc(C(=O)O)c2Cl)ccc1OCC(C)C. The van der Waals surface area contributed by atoms with E-state index in [1.54, 1.807) is 18.2 Å². The highest BCUT2D eigenvalue weighted by atomic mass is 35.5. The minimum Gasteiger partial charge on any atom is -0.504 e. The van der Waals surface area contributed by atoms with E-state index in [1.165, 1.54) is 12.3 Å². The number of aromatic nitrogens is 1. The second-order valence-electron chi connectivity index (χ2n) is 5.33. The van der Waals surface area contributed by atoms with Crippen LogP contribution in [0.2, 0.25) is 5.02 Å². The Morgan fingerprint density at radius 1 is 1.43 bits per heavy atom. The largest absolute Gasteiger partial charge is 0.504 e. The van der Waals surface area contributed by atoms with Gasteiger partial charge in [-0.3, -0.25) is 4.98 Å². The zero-order valence-corrected chi connectivity index (χ0v) is 13.5. The lowest BCUT2D eigenvalue weighted by atomic mass is 10.1. The summed E-state index contributed by atoms with van der Waals surface area (Å²) in [5.74, 6) is -0.291. The number of hydrogen-bond acceptors (Lipinski definition) is 3. The Hall–Kier alpha value is -2.58. The van der Waals surface area contributed by atoms with Crippen molar-refractivity contribution in [1.29, 1.82) is 0 Å². The van der Waals surface area contributed by atoms with Crippen LogP contribution in [0.15, 0.2) is 30.5 Å². The molecule has 1 heterocycles. The molecule has 118 valence electrons. The maximum absolute atomic E-state index is 11.2. The van der Waals surface area contributed by atoms with Crippen molar-refractivity contribution >= 4 is 23.3 Å². The van der Waals surface area contributed by atoms with E-state index in [0.29, 0.717) is 35.2 Å². The molecule has 0 bridgehead atoms. The Balaban J connectivity index is 2.44. The van der Waals surface area contributed by atoms with E-state index in [0.717, 1.165) is 0 Å². The highest BCUT2D eigenvalue weighted by molar-refractivity contribution is 6.35. The van der Waals surface area contributed by atoms with Crippen LogP contribution < -0.4 is 4.74 Å². The lowest BCUT2D eigenvalue weighted by Gasteiger charge is -2.12. The molecule has 0 spiro atoms. The van der Waals surface area contributed by atoms with Gasteiger partial charge in [0.1, 0.15) is 5.75 Å². The Morgan fingerprint density at radius 3 is 2.78 bits per heavy atom. The third kappa shape index (κ3) is 3.79. The van der Waals surface area contributed by atoms with Crippen LogP contribution >= 0.6 is 11.6 Å². The predicted octanol–water partition coefficient (Wildman–Crippen LogP) is 4.69. The van der Waals surface area contributed by atoms with Crippen molar-refractivity contribution in [1.82, 2.24) is 4.98 Å². The second-order valence-corrected chi connectivity index (χ2v) is 5.70. The third-order valence-corrected chi connectivity index (χ3v) is 3.43. The molecular weight excluding hydrogens is 316 g/mol. The summed E-state index contributed by atoms with van der Waals surface area (Å²) < 4.78 is 5.61. The van der Waals surface area contributed by atoms with Gasteiger partial charge in [0.05, 0.1) is 29.5 Å². The van der Waals surface area contributed by atoms with E-state index >= 15 is 0 Å². The van der Waals surface area contributed by atoms with Gasteiger partial charge >= 0.3 is 5.97 Å². The van der Waals surface area contributed by atoms with Crippen LogP contribution in [-0.4, -0.2) is 22.7 Å². The summed E-state index contributed by atoms with van der Waals surface area (Å²) in [4.78, 5) is 18.7. The summed E-state index contributed by atoms with van der Waals surface area (Å²) in [6.45, 7) is 11.8. The molecule has 1 aromatic carbocycles. The molecule has 0 unspecified atom stereocenters. The van der Waals surface area contributed by atoms with Crippen molar-refractivity contribution in [2.45, 2.75) is 13.8 Å². The zero-order valence-electron chi connectivity index (χ0n) is 12.7. The zero-order chi connectivity index (χ0) is 17.0. The molecule has 0 aliphatic heterocycles. The van der Waals surface area contributed by atoms with Gasteiger partial charge in [-0.1, -0.05) is 31.5 Å². The first kappa shape index (κ1) is 16.8. The average molecular weight is 331 g/mol. The van der Waals surface area contributed by atoms with E-state index in [4.69, 9.17) is 28.0 Å². The number of rotatable bonds is 5. The molecule has 0 aliphatic rings. The smallest absolute Gasteiger partial charge is 0.337 e. The first-order valence-electron chi connectivity index (χ1n) is 6.96.